The predicted octanol–water partition coefficient (Wildman–Crippen LogP) is 5.61. The van der Waals surface area contributed by atoms with E-state index in [2.05, 4.69) is 0 Å². The van der Waals surface area contributed by atoms with Gasteiger partial charge in [0.1, 0.15) is 11.8 Å². The number of nitro benzene ring substituents is 1. The zero-order chi connectivity index (χ0) is 24.8. The minimum atomic E-state index is -4.58. The molecule has 0 aliphatic carbocycles. The number of alkyl halides is 3. The third-order valence-electron chi connectivity index (χ3n) is 5.40. The summed E-state index contributed by atoms with van der Waals surface area (Å²) in [6.07, 6.45) is -4.58. The summed E-state index contributed by atoms with van der Waals surface area (Å²) in [5, 5.41) is 23.9. The van der Waals surface area contributed by atoms with E-state index in [1.54, 1.807) is 18.4 Å². The highest BCUT2D eigenvalue weighted by Crippen LogP contribution is 2.45. The van der Waals surface area contributed by atoms with Crippen molar-refractivity contribution < 1.29 is 32.8 Å². The summed E-state index contributed by atoms with van der Waals surface area (Å²) in [6.45, 7) is 1.73. The molecule has 1 aromatic heterocycles. The minimum absolute atomic E-state index is 0.0333. The molecule has 1 N–H and O–H groups in total. The molecule has 2 heterocycles. The van der Waals surface area contributed by atoms with Crippen LogP contribution < -0.4 is 4.90 Å². The highest BCUT2D eigenvalue weighted by molar-refractivity contribution is 7.10. The van der Waals surface area contributed by atoms with Crippen LogP contribution in [0.15, 0.2) is 65.6 Å². The Labute approximate surface area is 194 Å². The number of hydrogen-bond acceptors (Lipinski definition) is 6. The number of nitrogens with zero attached hydrogens (tertiary/aromatic N) is 2. The maximum absolute atomic E-state index is 13.0. The van der Waals surface area contributed by atoms with Crippen molar-refractivity contribution in [1.82, 2.24) is 0 Å². The van der Waals surface area contributed by atoms with Gasteiger partial charge in [0.2, 0.25) is 0 Å². The predicted molar refractivity (Wildman–Crippen MR) is 118 cm³/mol. The second-order valence-electron chi connectivity index (χ2n) is 7.49. The van der Waals surface area contributed by atoms with E-state index in [9.17, 15) is 38.0 Å². The number of rotatable bonds is 4. The first-order valence-electron chi connectivity index (χ1n) is 9.77. The van der Waals surface area contributed by atoms with Gasteiger partial charge in [-0.3, -0.25) is 24.6 Å². The fourth-order valence-corrected chi connectivity index (χ4v) is 4.77. The maximum atomic E-state index is 13.0. The lowest BCUT2D eigenvalue weighted by Gasteiger charge is -2.25. The first-order chi connectivity index (χ1) is 16.0. The topological polar surface area (TPSA) is 101 Å². The van der Waals surface area contributed by atoms with Crippen LogP contribution in [0.5, 0.6) is 0 Å². The van der Waals surface area contributed by atoms with Crippen LogP contribution in [0.4, 0.5) is 24.5 Å². The average molecular weight is 488 g/mol. The summed E-state index contributed by atoms with van der Waals surface area (Å²) in [5.41, 5.74) is -0.877. The molecule has 0 radical (unpaired) electrons. The Hall–Kier alpha value is -3.99. The van der Waals surface area contributed by atoms with Crippen molar-refractivity contribution in [2.24, 2.45) is 0 Å². The van der Waals surface area contributed by atoms with E-state index in [1.165, 1.54) is 29.5 Å². The fourth-order valence-electron chi connectivity index (χ4n) is 3.74. The van der Waals surface area contributed by atoms with Crippen LogP contribution >= 0.6 is 11.3 Å². The fraction of sp³-hybridized carbons (Fsp3) is 0.130. The molecular weight excluding hydrogens is 473 g/mol. The number of non-ortho nitro benzene ring substituents is 1. The van der Waals surface area contributed by atoms with Gasteiger partial charge in [0.25, 0.3) is 17.4 Å². The van der Waals surface area contributed by atoms with Gasteiger partial charge >= 0.3 is 6.18 Å². The zero-order valence-electron chi connectivity index (χ0n) is 17.4. The van der Waals surface area contributed by atoms with E-state index in [0.29, 0.717) is 10.4 Å². The van der Waals surface area contributed by atoms with Gasteiger partial charge in [0.05, 0.1) is 16.1 Å². The van der Waals surface area contributed by atoms with Crippen molar-refractivity contribution in [3.63, 3.8) is 0 Å². The van der Waals surface area contributed by atoms with Crippen molar-refractivity contribution in [3.8, 4) is 0 Å². The van der Waals surface area contributed by atoms with Crippen LogP contribution in [0.1, 0.15) is 27.6 Å². The second kappa shape index (κ2) is 8.41. The van der Waals surface area contributed by atoms with E-state index in [0.717, 1.165) is 35.2 Å². The van der Waals surface area contributed by atoms with Crippen LogP contribution in [0.3, 0.4) is 0 Å². The summed E-state index contributed by atoms with van der Waals surface area (Å²) < 4.78 is 39.0. The Bertz CT molecular complexity index is 1350. The number of ketones is 1. The number of anilines is 1. The van der Waals surface area contributed by atoms with Gasteiger partial charge in [-0.05, 0) is 48.2 Å². The van der Waals surface area contributed by atoms with Gasteiger partial charge < -0.3 is 5.11 Å². The number of nitro groups is 1. The maximum Gasteiger partial charge on any atom is 0.416 e. The lowest BCUT2D eigenvalue weighted by atomic mass is 9.98. The lowest BCUT2D eigenvalue weighted by Crippen LogP contribution is -2.29. The Kier molecular flexibility index (Phi) is 5.74. The number of carbonyl (C=O) groups is 2. The number of amides is 1. The van der Waals surface area contributed by atoms with E-state index < -0.39 is 40.2 Å². The van der Waals surface area contributed by atoms with Gasteiger partial charge in [-0.25, -0.2) is 0 Å². The molecule has 1 atom stereocenters. The molecule has 0 saturated carbocycles. The molecule has 1 aliphatic heterocycles. The number of benzene rings is 2. The molecule has 34 heavy (non-hydrogen) atoms. The number of aliphatic hydroxyl groups excluding tert-OH is 1. The molecule has 0 spiro atoms. The number of hydrogen-bond donors (Lipinski definition) is 1. The van der Waals surface area contributed by atoms with E-state index in [1.807, 2.05) is 0 Å². The van der Waals surface area contributed by atoms with Gasteiger partial charge in [-0.2, -0.15) is 13.2 Å². The molecule has 3 aromatic rings. The zero-order valence-corrected chi connectivity index (χ0v) is 18.2. The Morgan fingerprint density at radius 3 is 2.35 bits per heavy atom. The Morgan fingerprint density at radius 2 is 1.79 bits per heavy atom. The normalized spacial score (nSPS) is 17.9. The first-order valence-corrected chi connectivity index (χ1v) is 10.7. The van der Waals surface area contributed by atoms with Gasteiger partial charge in [0, 0.05) is 28.3 Å². The largest absolute Gasteiger partial charge is 0.507 e. The van der Waals surface area contributed by atoms with E-state index >= 15 is 0 Å². The van der Waals surface area contributed by atoms with Gasteiger partial charge in [-0.1, -0.05) is 12.1 Å². The summed E-state index contributed by atoms with van der Waals surface area (Å²) in [5.74, 6) is -2.71. The summed E-state index contributed by atoms with van der Waals surface area (Å²) in [4.78, 5) is 38.1. The Balaban J connectivity index is 1.91. The first kappa shape index (κ1) is 23.2. The SMILES string of the molecule is Cc1ccsc1C1/C(=C(/O)c2cccc([N+](=O)[O-])c2)C(=O)C(=O)N1c1ccc(C(F)(F)F)cc1. The minimum Gasteiger partial charge on any atom is -0.507 e. The molecule has 1 unspecified atom stereocenters. The standard InChI is InChI=1S/C23H15F3N2O5S/c1-12-9-10-34-21(12)18-17(19(29)13-3-2-4-16(11-13)28(32)33)20(30)22(31)27(18)15-7-5-14(6-8-15)23(24,25)26/h2-11,18,29H,1H3/b19-17-. The van der Waals surface area contributed by atoms with Crippen molar-refractivity contribution >= 4 is 40.2 Å². The van der Waals surface area contributed by atoms with Gasteiger partial charge in [-0.15, -0.1) is 11.3 Å². The third kappa shape index (κ3) is 3.94. The number of aryl methyl sites for hydroxylation is 1. The lowest BCUT2D eigenvalue weighted by molar-refractivity contribution is -0.384. The molecule has 7 nitrogen and oxygen atoms in total. The average Bonchev–Trinajstić information content (AvgIpc) is 3.33. The van der Waals surface area contributed by atoms with Crippen LogP contribution in [0, 0.1) is 17.0 Å². The molecule has 0 bridgehead atoms. The molecule has 2 aromatic carbocycles. The number of halogens is 3. The van der Waals surface area contributed by atoms with Crippen LogP contribution in [0.25, 0.3) is 5.76 Å². The third-order valence-corrected chi connectivity index (χ3v) is 6.47. The van der Waals surface area contributed by atoms with Crippen LogP contribution in [-0.4, -0.2) is 21.7 Å². The number of thiophene rings is 1. The second-order valence-corrected chi connectivity index (χ2v) is 8.44. The summed E-state index contributed by atoms with van der Waals surface area (Å²) in [6, 6.07) is 9.32. The monoisotopic (exact) mass is 488 g/mol. The number of carbonyl (C=O) groups excluding carboxylic acids is 2. The Morgan fingerprint density at radius 1 is 1.12 bits per heavy atom. The molecule has 174 valence electrons. The highest BCUT2D eigenvalue weighted by atomic mass is 32.1. The highest BCUT2D eigenvalue weighted by Gasteiger charge is 2.48. The molecule has 1 amide bonds. The smallest absolute Gasteiger partial charge is 0.416 e. The van der Waals surface area contributed by atoms with E-state index in [4.69, 9.17) is 0 Å². The summed E-state index contributed by atoms with van der Waals surface area (Å²) >= 11 is 1.20. The molecule has 1 fully saturated rings. The van der Waals surface area contributed by atoms with E-state index in [-0.39, 0.29) is 22.5 Å². The number of aliphatic hydroxyl groups is 1. The molecule has 11 heteroatoms. The number of Topliss-reactive ketones (excluding diaryl/α,β-unsaturated/α-hetero) is 1. The van der Waals surface area contributed by atoms with Crippen molar-refractivity contribution in [1.29, 1.82) is 0 Å². The molecular formula is C23H15F3N2O5S. The molecule has 1 saturated heterocycles. The quantitative estimate of drug-likeness (QED) is 0.169. The summed E-state index contributed by atoms with van der Waals surface area (Å²) in [7, 11) is 0. The van der Waals surface area contributed by atoms with Crippen LogP contribution in [-0.2, 0) is 15.8 Å². The van der Waals surface area contributed by atoms with Gasteiger partial charge in [0.15, 0.2) is 0 Å². The van der Waals surface area contributed by atoms with Crippen molar-refractivity contribution in [2.75, 3.05) is 4.90 Å². The van der Waals surface area contributed by atoms with Crippen molar-refractivity contribution in [3.05, 3.63) is 97.2 Å². The van der Waals surface area contributed by atoms with Crippen LogP contribution in [0.2, 0.25) is 0 Å². The van der Waals surface area contributed by atoms with Crippen molar-refractivity contribution in [2.45, 2.75) is 19.1 Å². The molecule has 1 aliphatic rings. The molecule has 4 rings (SSSR count).